The Bertz CT molecular complexity index is 877. The maximum atomic E-state index is 12.0. The summed E-state index contributed by atoms with van der Waals surface area (Å²) < 4.78 is 12.5. The van der Waals surface area contributed by atoms with Gasteiger partial charge in [-0.05, 0) is 40.0 Å². The lowest BCUT2D eigenvalue weighted by atomic mass is 10.1. The van der Waals surface area contributed by atoms with Gasteiger partial charge in [0.25, 0.3) is 0 Å². The molecule has 0 radical (unpaired) electrons. The third-order valence-corrected chi connectivity index (χ3v) is 4.70. The van der Waals surface area contributed by atoms with Gasteiger partial charge in [-0.1, -0.05) is 60.7 Å². The van der Waals surface area contributed by atoms with Crippen molar-refractivity contribution in [1.82, 2.24) is 0 Å². The van der Waals surface area contributed by atoms with Crippen LogP contribution in [0.1, 0.15) is 28.4 Å². The van der Waals surface area contributed by atoms with Crippen molar-refractivity contribution in [2.45, 2.75) is 20.1 Å². The molecule has 0 heterocycles. The maximum Gasteiger partial charge on any atom is 0.161 e. The second-order valence-corrected chi connectivity index (χ2v) is 6.68. The van der Waals surface area contributed by atoms with E-state index in [0.29, 0.717) is 34.7 Å². The van der Waals surface area contributed by atoms with Gasteiger partial charge in [0, 0.05) is 11.6 Å². The molecular formula is C22H19BrO3. The van der Waals surface area contributed by atoms with Crippen LogP contribution in [0.2, 0.25) is 0 Å². The third-order valence-electron chi connectivity index (χ3n) is 3.88. The second-order valence-electron chi connectivity index (χ2n) is 5.89. The second kappa shape index (κ2) is 8.68. The molecule has 26 heavy (non-hydrogen) atoms. The molecule has 0 unspecified atom stereocenters. The number of benzene rings is 3. The van der Waals surface area contributed by atoms with Crippen LogP contribution >= 0.6 is 15.9 Å². The van der Waals surface area contributed by atoms with Crippen molar-refractivity contribution < 1.29 is 14.3 Å². The van der Waals surface area contributed by atoms with E-state index < -0.39 is 0 Å². The van der Waals surface area contributed by atoms with Crippen LogP contribution in [0.5, 0.6) is 11.5 Å². The summed E-state index contributed by atoms with van der Waals surface area (Å²) in [5.41, 5.74) is 2.66. The molecule has 0 aliphatic heterocycles. The lowest BCUT2D eigenvalue weighted by Crippen LogP contribution is -2.02. The monoisotopic (exact) mass is 410 g/mol. The number of Topliss-reactive ketones (excluding diaryl/α,β-unsaturated/α-hetero) is 1. The van der Waals surface area contributed by atoms with Crippen LogP contribution < -0.4 is 9.47 Å². The van der Waals surface area contributed by atoms with Gasteiger partial charge < -0.3 is 9.47 Å². The molecule has 0 fully saturated rings. The van der Waals surface area contributed by atoms with Crippen LogP contribution in [0.3, 0.4) is 0 Å². The molecule has 0 bridgehead atoms. The smallest absolute Gasteiger partial charge is 0.161 e. The van der Waals surface area contributed by atoms with Gasteiger partial charge in [-0.3, -0.25) is 4.79 Å². The van der Waals surface area contributed by atoms with E-state index in [1.165, 1.54) is 6.92 Å². The van der Waals surface area contributed by atoms with E-state index in [1.807, 2.05) is 66.7 Å². The molecule has 0 saturated carbocycles. The third kappa shape index (κ3) is 4.73. The van der Waals surface area contributed by atoms with Crippen LogP contribution in [-0.2, 0) is 13.2 Å². The topological polar surface area (TPSA) is 35.5 Å². The van der Waals surface area contributed by atoms with E-state index in [-0.39, 0.29) is 5.78 Å². The lowest BCUT2D eigenvalue weighted by Gasteiger charge is -2.14. The summed E-state index contributed by atoms with van der Waals surface area (Å²) in [6.07, 6.45) is 0. The summed E-state index contributed by atoms with van der Waals surface area (Å²) >= 11 is 3.48. The lowest BCUT2D eigenvalue weighted by molar-refractivity contribution is 0.101. The summed E-state index contributed by atoms with van der Waals surface area (Å²) in [6, 6.07) is 23.3. The van der Waals surface area contributed by atoms with Gasteiger partial charge in [0.05, 0.1) is 4.47 Å². The number of ketones is 1. The first-order chi connectivity index (χ1) is 12.6. The van der Waals surface area contributed by atoms with Crippen LogP contribution in [0.15, 0.2) is 77.3 Å². The van der Waals surface area contributed by atoms with E-state index >= 15 is 0 Å². The van der Waals surface area contributed by atoms with E-state index in [9.17, 15) is 4.79 Å². The maximum absolute atomic E-state index is 12.0. The molecule has 3 aromatic carbocycles. The van der Waals surface area contributed by atoms with E-state index in [1.54, 1.807) is 6.07 Å². The van der Waals surface area contributed by atoms with Crippen molar-refractivity contribution in [3.05, 3.63) is 94.0 Å². The molecule has 132 valence electrons. The minimum atomic E-state index is -0.0494. The van der Waals surface area contributed by atoms with E-state index in [0.717, 1.165) is 11.1 Å². The Kier molecular flexibility index (Phi) is 6.08. The normalized spacial score (nSPS) is 10.4. The predicted molar refractivity (Wildman–Crippen MR) is 106 cm³/mol. The first-order valence-corrected chi connectivity index (χ1v) is 9.10. The summed E-state index contributed by atoms with van der Waals surface area (Å²) in [7, 11) is 0. The minimum absolute atomic E-state index is 0.0494. The molecule has 0 aliphatic rings. The first kappa shape index (κ1) is 18.2. The highest BCUT2D eigenvalue weighted by Gasteiger charge is 2.14. The molecule has 0 saturated heterocycles. The zero-order valence-corrected chi connectivity index (χ0v) is 16.0. The van der Waals surface area contributed by atoms with Gasteiger partial charge >= 0.3 is 0 Å². The number of halogens is 1. The molecule has 0 atom stereocenters. The standard InChI is InChI=1S/C22H19BrO3/c1-16(24)20-12-19(25-14-17-8-4-2-5-9-17)13-21(22(20)23)26-15-18-10-6-3-7-11-18/h2-13H,14-15H2,1H3. The Morgan fingerprint density at radius 2 is 1.38 bits per heavy atom. The fourth-order valence-corrected chi connectivity index (χ4v) is 3.12. The van der Waals surface area contributed by atoms with Crippen LogP contribution in [0.4, 0.5) is 0 Å². The van der Waals surface area contributed by atoms with Crippen LogP contribution in [0.25, 0.3) is 0 Å². The van der Waals surface area contributed by atoms with Gasteiger partial charge in [0.15, 0.2) is 5.78 Å². The van der Waals surface area contributed by atoms with Crippen molar-refractivity contribution in [2.24, 2.45) is 0 Å². The summed E-state index contributed by atoms with van der Waals surface area (Å²) in [5.74, 6) is 1.14. The van der Waals surface area contributed by atoms with Crippen LogP contribution in [0, 0.1) is 0 Å². The average Bonchev–Trinajstić information content (AvgIpc) is 2.67. The van der Waals surface area contributed by atoms with Gasteiger partial charge in [0.1, 0.15) is 24.7 Å². The Labute approximate surface area is 161 Å². The zero-order chi connectivity index (χ0) is 18.4. The zero-order valence-electron chi connectivity index (χ0n) is 14.4. The average molecular weight is 411 g/mol. The molecular weight excluding hydrogens is 392 g/mol. The summed E-state index contributed by atoms with van der Waals surface area (Å²) in [6.45, 7) is 2.37. The summed E-state index contributed by atoms with van der Waals surface area (Å²) in [4.78, 5) is 12.0. The van der Waals surface area contributed by atoms with Crippen LogP contribution in [-0.4, -0.2) is 5.78 Å². The molecule has 0 aliphatic carbocycles. The van der Waals surface area contributed by atoms with Crippen molar-refractivity contribution >= 4 is 21.7 Å². The Balaban J connectivity index is 1.80. The van der Waals surface area contributed by atoms with Crippen molar-refractivity contribution in [2.75, 3.05) is 0 Å². The number of hydrogen-bond donors (Lipinski definition) is 0. The number of carbonyl (C=O) groups is 1. The van der Waals surface area contributed by atoms with E-state index in [4.69, 9.17) is 9.47 Å². The highest BCUT2D eigenvalue weighted by Crippen LogP contribution is 2.35. The van der Waals surface area contributed by atoms with Crippen molar-refractivity contribution in [1.29, 1.82) is 0 Å². The largest absolute Gasteiger partial charge is 0.489 e. The Morgan fingerprint density at radius 3 is 1.92 bits per heavy atom. The molecule has 4 heteroatoms. The molecule has 0 spiro atoms. The summed E-state index contributed by atoms with van der Waals surface area (Å²) in [5, 5.41) is 0. The Morgan fingerprint density at radius 1 is 0.846 bits per heavy atom. The molecule has 0 N–H and O–H groups in total. The SMILES string of the molecule is CC(=O)c1cc(OCc2ccccc2)cc(OCc2ccccc2)c1Br. The van der Waals surface area contributed by atoms with Crippen molar-refractivity contribution in [3.8, 4) is 11.5 Å². The van der Waals surface area contributed by atoms with E-state index in [2.05, 4.69) is 15.9 Å². The highest BCUT2D eigenvalue weighted by molar-refractivity contribution is 9.10. The number of hydrogen-bond acceptors (Lipinski definition) is 3. The number of carbonyl (C=O) groups excluding carboxylic acids is 1. The highest BCUT2D eigenvalue weighted by atomic mass is 79.9. The minimum Gasteiger partial charge on any atom is -0.489 e. The molecule has 3 nitrogen and oxygen atoms in total. The molecule has 3 rings (SSSR count). The fraction of sp³-hybridized carbons (Fsp3) is 0.136. The predicted octanol–water partition coefficient (Wildman–Crippen LogP) is 5.81. The molecule has 0 aromatic heterocycles. The quantitative estimate of drug-likeness (QED) is 0.461. The Hall–Kier alpha value is -2.59. The van der Waals surface area contributed by atoms with Gasteiger partial charge in [0.2, 0.25) is 0 Å². The number of ether oxygens (including phenoxy) is 2. The van der Waals surface area contributed by atoms with Crippen molar-refractivity contribution in [3.63, 3.8) is 0 Å². The molecule has 0 amide bonds. The van der Waals surface area contributed by atoms with Gasteiger partial charge in [-0.15, -0.1) is 0 Å². The van der Waals surface area contributed by atoms with Gasteiger partial charge in [-0.25, -0.2) is 0 Å². The molecule has 3 aromatic rings. The fourth-order valence-electron chi connectivity index (χ4n) is 2.49. The van der Waals surface area contributed by atoms with Gasteiger partial charge in [-0.2, -0.15) is 0 Å². The number of rotatable bonds is 7. The first-order valence-electron chi connectivity index (χ1n) is 8.31.